The van der Waals surface area contributed by atoms with E-state index in [2.05, 4.69) is 28.6 Å². The van der Waals surface area contributed by atoms with Crippen LogP contribution in [0.25, 0.3) is 0 Å². The summed E-state index contributed by atoms with van der Waals surface area (Å²) >= 11 is 6.38. The van der Waals surface area contributed by atoms with Crippen molar-refractivity contribution in [2.75, 3.05) is 59.0 Å². The van der Waals surface area contributed by atoms with Gasteiger partial charge in [0.05, 0.1) is 31.5 Å². The fourth-order valence-corrected chi connectivity index (χ4v) is 9.99. The van der Waals surface area contributed by atoms with E-state index < -0.39 is 21.2 Å². The Bertz CT molecular complexity index is 1580. The second kappa shape index (κ2) is 16.5. The summed E-state index contributed by atoms with van der Waals surface area (Å²) in [5, 5.41) is -0.165. The molecule has 1 saturated heterocycles. The summed E-state index contributed by atoms with van der Waals surface area (Å²) in [4.78, 5) is 18.2. The Balaban J connectivity index is 1.36. The number of halogens is 1. The molecule has 2 aromatic rings. The maximum Gasteiger partial charge on any atom is 0.264 e. The van der Waals surface area contributed by atoms with E-state index in [1.54, 1.807) is 12.1 Å². The van der Waals surface area contributed by atoms with Crippen molar-refractivity contribution >= 4 is 33.2 Å². The molecule has 50 heavy (non-hydrogen) atoms. The van der Waals surface area contributed by atoms with Gasteiger partial charge in [0.2, 0.25) is 10.0 Å². The molecule has 1 aliphatic carbocycles. The van der Waals surface area contributed by atoms with Gasteiger partial charge in [-0.2, -0.15) is 0 Å². The van der Waals surface area contributed by atoms with Crippen LogP contribution in [-0.4, -0.2) is 90.9 Å². The van der Waals surface area contributed by atoms with E-state index in [9.17, 15) is 13.2 Å². The van der Waals surface area contributed by atoms with Crippen molar-refractivity contribution < 1.29 is 32.2 Å². The molecule has 2 aromatic carbocycles. The minimum absolute atomic E-state index is 0.00281. The number of anilines is 1. The van der Waals surface area contributed by atoms with Gasteiger partial charge in [-0.1, -0.05) is 31.0 Å². The first kappa shape index (κ1) is 37.4. The Morgan fingerprint density at radius 1 is 0.980 bits per heavy atom. The lowest BCUT2D eigenvalue weighted by atomic mass is 9.65. The van der Waals surface area contributed by atoms with Crippen LogP contribution in [0.2, 0.25) is 5.02 Å². The van der Waals surface area contributed by atoms with Crippen molar-refractivity contribution in [2.45, 2.75) is 82.5 Å². The van der Waals surface area contributed by atoms with Crippen LogP contribution in [0, 0.1) is 23.7 Å². The largest absolute Gasteiger partial charge is 0.487 e. The van der Waals surface area contributed by atoms with Gasteiger partial charge in [0.25, 0.3) is 5.91 Å². The Labute approximate surface area is 303 Å². The monoisotopic (exact) mass is 731 g/mol. The first-order valence-corrected chi connectivity index (χ1v) is 20.2. The number of fused-ring (bicyclic) bond motifs is 3. The molecule has 10 nitrogen and oxygen atoms in total. The summed E-state index contributed by atoms with van der Waals surface area (Å²) in [5.74, 6) is 0.799. The second-order valence-corrected chi connectivity index (χ2v) is 17.3. The van der Waals surface area contributed by atoms with Crippen LogP contribution >= 0.6 is 11.6 Å². The molecule has 12 heteroatoms. The lowest BCUT2D eigenvalue weighted by Gasteiger charge is -2.48. The summed E-state index contributed by atoms with van der Waals surface area (Å²) in [6.07, 6.45) is 7.11. The zero-order valence-corrected chi connectivity index (χ0v) is 31.5. The number of benzene rings is 2. The number of nitrogens with zero attached hydrogens (tertiary/aromatic N) is 2. The number of carbonyl (C=O) groups excluding carboxylic acids is 1. The molecule has 5 atom stereocenters. The van der Waals surface area contributed by atoms with E-state index in [1.165, 1.54) is 12.7 Å². The van der Waals surface area contributed by atoms with Crippen LogP contribution < -0.4 is 14.4 Å². The van der Waals surface area contributed by atoms with Crippen molar-refractivity contribution in [3.8, 4) is 5.75 Å². The molecule has 4 aliphatic rings. The number of hydrogen-bond acceptors (Lipinski definition) is 9. The highest BCUT2D eigenvalue weighted by molar-refractivity contribution is 7.90. The molecule has 0 radical (unpaired) electrons. The Kier molecular flexibility index (Phi) is 12.3. The van der Waals surface area contributed by atoms with Gasteiger partial charge < -0.3 is 28.7 Å². The molecule has 6 rings (SSSR count). The minimum atomic E-state index is -4.05. The predicted molar refractivity (Wildman–Crippen MR) is 195 cm³/mol. The fraction of sp³-hybridized carbons (Fsp3) is 0.658. The molecule has 3 aliphatic heterocycles. The average molecular weight is 732 g/mol. The fourth-order valence-electron chi connectivity index (χ4n) is 8.20. The molecule has 0 spiro atoms. The van der Waals surface area contributed by atoms with Crippen molar-refractivity contribution in [1.29, 1.82) is 0 Å². The zero-order valence-electron chi connectivity index (χ0n) is 29.9. The number of aryl methyl sites for hydroxylation is 1. The number of methoxy groups -OCH3 is 1. The van der Waals surface area contributed by atoms with E-state index >= 15 is 0 Å². The van der Waals surface area contributed by atoms with Gasteiger partial charge in [0, 0.05) is 36.7 Å². The number of amides is 1. The molecule has 3 heterocycles. The number of nitrogens with one attached hydrogen (secondary N) is 1. The summed E-state index contributed by atoms with van der Waals surface area (Å²) in [5.41, 5.74) is 3.36. The summed E-state index contributed by atoms with van der Waals surface area (Å²) in [6.45, 7) is 5.14. The molecule has 1 saturated carbocycles. The highest BCUT2D eigenvalue weighted by Crippen LogP contribution is 2.46. The van der Waals surface area contributed by atoms with Crippen LogP contribution in [0.15, 0.2) is 36.4 Å². The van der Waals surface area contributed by atoms with Crippen molar-refractivity contribution in [3.63, 3.8) is 0 Å². The first-order valence-electron chi connectivity index (χ1n) is 18.3. The van der Waals surface area contributed by atoms with Gasteiger partial charge in [-0.05, 0) is 118 Å². The summed E-state index contributed by atoms with van der Waals surface area (Å²) in [6, 6.07) is 11.4. The van der Waals surface area contributed by atoms with Gasteiger partial charge in [0.15, 0.2) is 6.29 Å². The van der Waals surface area contributed by atoms with Crippen LogP contribution in [0.3, 0.4) is 0 Å². The second-order valence-electron chi connectivity index (χ2n) is 15.0. The smallest absolute Gasteiger partial charge is 0.264 e. The Morgan fingerprint density at radius 3 is 2.50 bits per heavy atom. The number of carbonyl (C=O) groups is 1. The highest BCUT2D eigenvalue weighted by atomic mass is 35.5. The van der Waals surface area contributed by atoms with Gasteiger partial charge in [0.1, 0.15) is 17.6 Å². The van der Waals surface area contributed by atoms with Crippen molar-refractivity contribution in [1.82, 2.24) is 9.62 Å². The standard InChI is InChI=1S/C38H54ClN3O7S/c1-25-8-7-10-33(38-48-22-31(23-49-38)41(2)3)32-15-12-28(32)20-42-17-6-5-9-26-18-30(39)14-11-29(26)21-47-35-16-13-27(19-34(35)42)37(43)40-50(44,45)36(25)24-46-4/h11,13-14,16,18-19,25,28,31-33,36,38H,5-10,12,15,17,20-24H2,1-4H3,(H,40,43)/t25-,28-,31-,32+,33-,36-,38-/m0/s1. The maximum absolute atomic E-state index is 13.8. The highest BCUT2D eigenvalue weighted by Gasteiger charge is 2.44. The molecular weight excluding hydrogens is 678 g/mol. The lowest BCUT2D eigenvalue weighted by molar-refractivity contribution is -0.240. The van der Waals surface area contributed by atoms with Gasteiger partial charge >= 0.3 is 0 Å². The van der Waals surface area contributed by atoms with Crippen LogP contribution in [-0.2, 0) is 37.3 Å². The van der Waals surface area contributed by atoms with Crippen LogP contribution in [0.4, 0.5) is 5.69 Å². The topological polar surface area (TPSA) is 107 Å². The third-order valence-corrected chi connectivity index (χ3v) is 13.6. The number of hydrogen-bond donors (Lipinski definition) is 1. The predicted octanol–water partition coefficient (Wildman–Crippen LogP) is 5.90. The van der Waals surface area contributed by atoms with Crippen molar-refractivity contribution in [2.24, 2.45) is 23.7 Å². The molecule has 2 bridgehead atoms. The van der Waals surface area contributed by atoms with Gasteiger partial charge in [-0.15, -0.1) is 0 Å². The number of rotatable bonds is 4. The Morgan fingerprint density at radius 2 is 1.78 bits per heavy atom. The quantitative estimate of drug-likeness (QED) is 0.412. The first-order chi connectivity index (χ1) is 24.0. The zero-order chi connectivity index (χ0) is 35.4. The lowest BCUT2D eigenvalue weighted by Crippen LogP contribution is -2.50. The number of sulfonamides is 1. The molecule has 276 valence electrons. The third-order valence-electron chi connectivity index (χ3n) is 11.5. The molecule has 1 N–H and O–H groups in total. The molecular formula is C38H54ClN3O7S. The molecule has 2 fully saturated rings. The minimum Gasteiger partial charge on any atom is -0.487 e. The normalized spacial score (nSPS) is 30.9. The maximum atomic E-state index is 13.8. The SMILES string of the molecule is COC[C@H]1[C@@H](C)CCC[C@H]([C@H]2OC[C@H](N(C)C)CO2)[C@@H]2CC[C@H]2CN2CCCCc3cc(Cl)ccc3COc3ccc(cc32)C(=O)NS1(=O)=O. The number of ether oxygens (including phenoxy) is 4. The van der Waals surface area contributed by atoms with E-state index in [1.807, 2.05) is 31.2 Å². The third kappa shape index (κ3) is 8.61. The molecule has 0 unspecified atom stereocenters. The van der Waals surface area contributed by atoms with Crippen LogP contribution in [0.1, 0.15) is 73.4 Å². The van der Waals surface area contributed by atoms with E-state index in [0.29, 0.717) is 48.8 Å². The number of likely N-dealkylation sites (N-methyl/N-ethyl adjacent to an activating group) is 1. The molecule has 1 amide bonds. The van der Waals surface area contributed by atoms with E-state index in [0.717, 1.165) is 69.3 Å². The summed E-state index contributed by atoms with van der Waals surface area (Å²) < 4.78 is 54.7. The van der Waals surface area contributed by atoms with Gasteiger partial charge in [-0.25, -0.2) is 13.1 Å². The van der Waals surface area contributed by atoms with E-state index in [-0.39, 0.29) is 36.3 Å². The van der Waals surface area contributed by atoms with E-state index in [4.69, 9.17) is 30.5 Å². The van der Waals surface area contributed by atoms with Gasteiger partial charge in [-0.3, -0.25) is 4.79 Å². The molecule has 0 aromatic heterocycles. The van der Waals surface area contributed by atoms with Crippen molar-refractivity contribution in [3.05, 3.63) is 58.1 Å². The summed E-state index contributed by atoms with van der Waals surface area (Å²) in [7, 11) is 1.55. The van der Waals surface area contributed by atoms with Crippen LogP contribution in [0.5, 0.6) is 5.75 Å². The Hall–Kier alpha value is -2.41. The average Bonchev–Trinajstić information content (AvgIpc) is 3.11.